The van der Waals surface area contributed by atoms with Crippen molar-refractivity contribution in [1.82, 2.24) is 20.5 Å². The van der Waals surface area contributed by atoms with Crippen LogP contribution in [-0.4, -0.2) is 46.0 Å². The number of alkyl carbamates (subject to hydrolysis) is 1. The van der Waals surface area contributed by atoms with E-state index in [1.807, 2.05) is 30.3 Å². The van der Waals surface area contributed by atoms with Gasteiger partial charge in [-0.1, -0.05) is 42.5 Å². The number of fused-ring (bicyclic) bond motifs is 1. The fraction of sp³-hybridized carbons (Fsp3) is 0.333. The summed E-state index contributed by atoms with van der Waals surface area (Å²) in [5.74, 6) is -0.139. The summed E-state index contributed by atoms with van der Waals surface area (Å²) >= 11 is 0. The zero-order valence-corrected chi connectivity index (χ0v) is 20.7. The lowest BCUT2D eigenvalue weighted by Gasteiger charge is -2.41. The van der Waals surface area contributed by atoms with Crippen LogP contribution in [0.4, 0.5) is 10.6 Å². The van der Waals surface area contributed by atoms with Gasteiger partial charge in [0.05, 0.1) is 0 Å². The van der Waals surface area contributed by atoms with Gasteiger partial charge in [0.1, 0.15) is 23.5 Å². The number of carbonyl (C=O) groups is 3. The van der Waals surface area contributed by atoms with E-state index in [0.29, 0.717) is 30.9 Å². The molecule has 0 radical (unpaired) electrons. The highest BCUT2D eigenvalue weighted by molar-refractivity contribution is 5.94. The van der Waals surface area contributed by atoms with Gasteiger partial charge in [0.2, 0.25) is 5.91 Å². The van der Waals surface area contributed by atoms with Crippen molar-refractivity contribution in [2.24, 2.45) is 0 Å². The lowest BCUT2D eigenvalue weighted by Crippen LogP contribution is -2.60. The number of hydrogen-bond donors (Lipinski definition) is 3. The second-order valence-corrected chi connectivity index (χ2v) is 9.80. The topological polar surface area (TPSA) is 127 Å². The molecule has 2 aromatic carbocycles. The van der Waals surface area contributed by atoms with Gasteiger partial charge in [0.15, 0.2) is 0 Å². The minimum atomic E-state index is -0.962. The van der Waals surface area contributed by atoms with Crippen molar-refractivity contribution in [3.05, 3.63) is 71.9 Å². The van der Waals surface area contributed by atoms with Gasteiger partial charge in [-0.15, -0.1) is 0 Å². The van der Waals surface area contributed by atoms with Crippen molar-refractivity contribution in [2.75, 3.05) is 12.3 Å². The molecular formula is C27H31N5O4. The summed E-state index contributed by atoms with van der Waals surface area (Å²) in [5.41, 5.74) is 6.73. The molecule has 36 heavy (non-hydrogen) atoms. The van der Waals surface area contributed by atoms with Crippen LogP contribution in [0.5, 0.6) is 0 Å². The van der Waals surface area contributed by atoms with Gasteiger partial charge >= 0.3 is 6.09 Å². The molecule has 1 saturated heterocycles. The smallest absolute Gasteiger partial charge is 0.408 e. The quantitative estimate of drug-likeness (QED) is 0.488. The molecule has 2 heterocycles. The molecule has 0 aliphatic carbocycles. The van der Waals surface area contributed by atoms with E-state index in [-0.39, 0.29) is 11.8 Å². The van der Waals surface area contributed by atoms with E-state index in [1.54, 1.807) is 51.2 Å². The molecule has 4 N–H and O–H groups in total. The highest BCUT2D eigenvalue weighted by Crippen LogP contribution is 2.25. The molecular weight excluding hydrogens is 458 g/mol. The Morgan fingerprint density at radius 1 is 1.14 bits per heavy atom. The number of amides is 3. The largest absolute Gasteiger partial charge is 0.444 e. The van der Waals surface area contributed by atoms with Crippen molar-refractivity contribution in [1.29, 1.82) is 0 Å². The number of benzene rings is 2. The predicted molar refractivity (Wildman–Crippen MR) is 137 cm³/mol. The summed E-state index contributed by atoms with van der Waals surface area (Å²) in [6.45, 7) is 6.00. The number of ether oxygens (including phenoxy) is 1. The van der Waals surface area contributed by atoms with E-state index in [4.69, 9.17) is 10.5 Å². The molecule has 2 atom stereocenters. The average Bonchev–Trinajstić information content (AvgIpc) is 2.80. The maximum atomic E-state index is 13.5. The summed E-state index contributed by atoms with van der Waals surface area (Å²) < 4.78 is 5.36. The molecule has 0 bridgehead atoms. The standard InChI is InChI=1S/C27H31N5O4/c1-27(2,3)36-26(35)31-22(18-7-5-4-6-8-18)25(34)32-14-12-21(32)24(33)30-16-17-9-10-20-19(15-17)11-13-29-23(20)28/h4-11,13,15,21-22H,12,14,16H2,1-3H3,(H2,28,29)(H,30,33)(H,31,35). The number of nitrogen functional groups attached to an aromatic ring is 1. The van der Waals surface area contributed by atoms with Gasteiger partial charge in [-0.05, 0) is 55.8 Å². The van der Waals surface area contributed by atoms with Gasteiger partial charge in [-0.3, -0.25) is 9.59 Å². The van der Waals surface area contributed by atoms with Gasteiger partial charge in [0.25, 0.3) is 5.91 Å². The third kappa shape index (κ3) is 5.73. The first-order valence-electron chi connectivity index (χ1n) is 11.9. The fourth-order valence-corrected chi connectivity index (χ4v) is 4.12. The van der Waals surface area contributed by atoms with Crippen molar-refractivity contribution in [3.8, 4) is 0 Å². The Balaban J connectivity index is 1.43. The van der Waals surface area contributed by atoms with Crippen molar-refractivity contribution in [2.45, 2.75) is 51.4 Å². The number of hydrogen-bond acceptors (Lipinski definition) is 6. The Morgan fingerprint density at radius 2 is 1.89 bits per heavy atom. The second kappa shape index (κ2) is 10.2. The van der Waals surface area contributed by atoms with Crippen LogP contribution in [0.3, 0.4) is 0 Å². The van der Waals surface area contributed by atoms with Crippen LogP contribution in [0.2, 0.25) is 0 Å². The number of nitrogens with two attached hydrogens (primary N) is 1. The van der Waals surface area contributed by atoms with Crippen LogP contribution in [0.25, 0.3) is 10.8 Å². The van der Waals surface area contributed by atoms with Crippen molar-refractivity contribution >= 4 is 34.5 Å². The third-order valence-electron chi connectivity index (χ3n) is 5.97. The SMILES string of the molecule is CC(C)(C)OC(=O)NC(C(=O)N1CCC1C(=O)NCc1ccc2c(N)nccc2c1)c1ccccc1. The molecule has 0 saturated carbocycles. The minimum absolute atomic E-state index is 0.243. The number of nitrogens with zero attached hydrogens (tertiary/aromatic N) is 2. The third-order valence-corrected chi connectivity index (χ3v) is 5.97. The molecule has 4 rings (SSSR count). The molecule has 1 fully saturated rings. The monoisotopic (exact) mass is 489 g/mol. The second-order valence-electron chi connectivity index (χ2n) is 9.80. The summed E-state index contributed by atoms with van der Waals surface area (Å²) in [6, 6.07) is 15.0. The first-order valence-corrected chi connectivity index (χ1v) is 11.9. The summed E-state index contributed by atoms with van der Waals surface area (Å²) in [6.07, 6.45) is 1.50. The molecule has 1 aliphatic rings. The predicted octanol–water partition coefficient (Wildman–Crippen LogP) is 3.30. The van der Waals surface area contributed by atoms with Gasteiger partial charge in [0, 0.05) is 24.7 Å². The number of rotatable bonds is 6. The maximum absolute atomic E-state index is 13.5. The first kappa shape index (κ1) is 25.0. The Bertz CT molecular complexity index is 1270. The number of carbonyl (C=O) groups excluding carboxylic acids is 3. The highest BCUT2D eigenvalue weighted by atomic mass is 16.6. The number of nitrogens with one attached hydrogen (secondary N) is 2. The minimum Gasteiger partial charge on any atom is -0.444 e. The molecule has 188 valence electrons. The van der Waals surface area contributed by atoms with Gasteiger partial charge in [-0.2, -0.15) is 0 Å². The van der Waals surface area contributed by atoms with E-state index in [1.165, 1.54) is 4.90 Å². The van der Waals surface area contributed by atoms with Crippen LogP contribution in [-0.2, 0) is 20.9 Å². The zero-order chi connectivity index (χ0) is 25.9. The molecule has 2 unspecified atom stereocenters. The Labute approximate surface area is 210 Å². The molecule has 9 nitrogen and oxygen atoms in total. The molecule has 1 aromatic heterocycles. The summed E-state index contributed by atoms with van der Waals surface area (Å²) in [4.78, 5) is 44.5. The number of anilines is 1. The number of likely N-dealkylation sites (tertiary alicyclic amines) is 1. The van der Waals surface area contributed by atoms with E-state index >= 15 is 0 Å². The average molecular weight is 490 g/mol. The van der Waals surface area contributed by atoms with Crippen LogP contribution < -0.4 is 16.4 Å². The highest BCUT2D eigenvalue weighted by Gasteiger charge is 2.41. The Morgan fingerprint density at radius 3 is 2.56 bits per heavy atom. The van der Waals surface area contributed by atoms with Crippen LogP contribution in [0, 0.1) is 0 Å². The normalized spacial score (nSPS) is 16.1. The lowest BCUT2D eigenvalue weighted by atomic mass is 9.97. The molecule has 3 aromatic rings. The van der Waals surface area contributed by atoms with Gasteiger partial charge < -0.3 is 26.0 Å². The van der Waals surface area contributed by atoms with E-state index < -0.39 is 23.8 Å². The van der Waals surface area contributed by atoms with Crippen molar-refractivity contribution in [3.63, 3.8) is 0 Å². The van der Waals surface area contributed by atoms with Crippen LogP contribution in [0.15, 0.2) is 60.8 Å². The van der Waals surface area contributed by atoms with E-state index in [2.05, 4.69) is 15.6 Å². The van der Waals surface area contributed by atoms with E-state index in [9.17, 15) is 14.4 Å². The molecule has 3 amide bonds. The Hall–Kier alpha value is -4.14. The first-order chi connectivity index (χ1) is 17.1. The van der Waals surface area contributed by atoms with Crippen LogP contribution >= 0.6 is 0 Å². The fourth-order valence-electron chi connectivity index (χ4n) is 4.12. The number of aromatic nitrogens is 1. The lowest BCUT2D eigenvalue weighted by molar-refractivity contribution is -0.149. The molecule has 0 spiro atoms. The number of pyridine rings is 1. The summed E-state index contributed by atoms with van der Waals surface area (Å²) in [5, 5.41) is 7.40. The summed E-state index contributed by atoms with van der Waals surface area (Å²) in [7, 11) is 0. The van der Waals surface area contributed by atoms with Crippen molar-refractivity contribution < 1.29 is 19.1 Å². The Kier molecular flexibility index (Phi) is 7.10. The molecule has 1 aliphatic heterocycles. The zero-order valence-electron chi connectivity index (χ0n) is 20.7. The molecule has 9 heteroatoms. The van der Waals surface area contributed by atoms with Crippen LogP contribution in [0.1, 0.15) is 44.4 Å². The van der Waals surface area contributed by atoms with Gasteiger partial charge in [-0.25, -0.2) is 9.78 Å². The van der Waals surface area contributed by atoms with E-state index in [0.717, 1.165) is 16.3 Å². The maximum Gasteiger partial charge on any atom is 0.408 e.